The predicted molar refractivity (Wildman–Crippen MR) is 71.4 cm³/mol. The molecule has 1 aromatic carbocycles. The van der Waals surface area contributed by atoms with Gasteiger partial charge in [-0.3, -0.25) is 4.79 Å². The fourth-order valence-corrected chi connectivity index (χ4v) is 2.86. The van der Waals surface area contributed by atoms with Crippen molar-refractivity contribution < 1.29 is 4.79 Å². The van der Waals surface area contributed by atoms with Crippen molar-refractivity contribution >= 4 is 16.7 Å². The van der Waals surface area contributed by atoms with Crippen LogP contribution in [0.25, 0.3) is 10.9 Å². The van der Waals surface area contributed by atoms with Crippen LogP contribution in [0.5, 0.6) is 0 Å². The zero-order valence-electron chi connectivity index (χ0n) is 10.9. The van der Waals surface area contributed by atoms with E-state index < -0.39 is 0 Å². The Morgan fingerprint density at radius 3 is 2.59 bits per heavy atom. The van der Waals surface area contributed by atoms with Gasteiger partial charge in [0, 0.05) is 23.0 Å². The molecule has 2 nitrogen and oxygen atoms in total. The summed E-state index contributed by atoms with van der Waals surface area (Å²) in [5, 5.41) is 1.23. The van der Waals surface area contributed by atoms with Gasteiger partial charge in [0.25, 0.3) is 0 Å². The van der Waals surface area contributed by atoms with E-state index >= 15 is 0 Å². The van der Waals surface area contributed by atoms with E-state index in [-0.39, 0.29) is 11.2 Å². The number of hydrogen-bond acceptors (Lipinski definition) is 1. The third-order valence-corrected chi connectivity index (χ3v) is 3.26. The molecule has 0 bridgehead atoms. The van der Waals surface area contributed by atoms with Crippen molar-refractivity contribution in [1.29, 1.82) is 0 Å². The number of aryl methyl sites for hydroxylation is 1. The van der Waals surface area contributed by atoms with Crippen LogP contribution in [0.4, 0.5) is 0 Å². The fraction of sp³-hybridized carbons (Fsp3) is 0.400. The van der Waals surface area contributed by atoms with Gasteiger partial charge in [0.05, 0.1) is 0 Å². The quantitative estimate of drug-likeness (QED) is 0.854. The summed E-state index contributed by atoms with van der Waals surface area (Å²) in [6.07, 6.45) is 0.579. The lowest BCUT2D eigenvalue weighted by molar-refractivity contribution is -0.118. The van der Waals surface area contributed by atoms with Crippen molar-refractivity contribution in [3.8, 4) is 0 Å². The van der Waals surface area contributed by atoms with Crippen LogP contribution in [0.15, 0.2) is 24.3 Å². The van der Waals surface area contributed by atoms with Gasteiger partial charge in [-0.25, -0.2) is 0 Å². The zero-order valence-corrected chi connectivity index (χ0v) is 10.9. The Hall–Kier alpha value is -1.57. The molecule has 0 aliphatic heterocycles. The van der Waals surface area contributed by atoms with Gasteiger partial charge in [0.1, 0.15) is 5.78 Å². The van der Waals surface area contributed by atoms with Gasteiger partial charge >= 0.3 is 0 Å². The zero-order chi connectivity index (χ0) is 12.6. The Bertz CT molecular complexity index is 563. The van der Waals surface area contributed by atoms with Gasteiger partial charge in [0.2, 0.25) is 0 Å². The van der Waals surface area contributed by atoms with Crippen molar-refractivity contribution in [2.75, 3.05) is 0 Å². The minimum Gasteiger partial charge on any atom is -0.358 e. The number of ketones is 1. The summed E-state index contributed by atoms with van der Waals surface area (Å²) in [7, 11) is 0. The topological polar surface area (TPSA) is 32.9 Å². The molecule has 1 aromatic heterocycles. The highest BCUT2D eigenvalue weighted by atomic mass is 16.1. The fourth-order valence-electron chi connectivity index (χ4n) is 2.86. The van der Waals surface area contributed by atoms with E-state index in [4.69, 9.17) is 0 Å². The highest BCUT2D eigenvalue weighted by Gasteiger charge is 2.27. The number of para-hydroxylation sites is 1. The number of H-pyrrole nitrogens is 1. The highest BCUT2D eigenvalue weighted by Crippen LogP contribution is 2.35. The average Bonchev–Trinajstić information content (AvgIpc) is 2.51. The summed E-state index contributed by atoms with van der Waals surface area (Å²) in [5.74, 6) is 0.236. The van der Waals surface area contributed by atoms with Gasteiger partial charge in [-0.1, -0.05) is 32.0 Å². The first-order chi connectivity index (χ1) is 7.92. The second kappa shape index (κ2) is 4.02. The minimum absolute atomic E-state index is 0.116. The Balaban J connectivity index is 2.61. The van der Waals surface area contributed by atoms with Crippen molar-refractivity contribution in [2.45, 2.75) is 39.5 Å². The maximum absolute atomic E-state index is 11.4. The Kier molecular flexibility index (Phi) is 2.82. The summed E-state index contributed by atoms with van der Waals surface area (Å²) < 4.78 is 0. The maximum Gasteiger partial charge on any atom is 0.130 e. The SMILES string of the molecule is CC(=O)CC(C)(C)c1c(C)[nH]c2ccccc12. The number of rotatable bonds is 3. The number of nitrogens with one attached hydrogen (secondary N) is 1. The second-order valence-electron chi connectivity index (χ2n) is 5.43. The lowest BCUT2D eigenvalue weighted by Gasteiger charge is -2.24. The van der Waals surface area contributed by atoms with Crippen molar-refractivity contribution in [3.05, 3.63) is 35.5 Å². The number of Topliss-reactive ketones (excluding diaryl/α,β-unsaturated/α-hetero) is 1. The van der Waals surface area contributed by atoms with Crippen molar-refractivity contribution in [1.82, 2.24) is 4.98 Å². The van der Waals surface area contributed by atoms with E-state index in [2.05, 4.69) is 37.9 Å². The molecular weight excluding hydrogens is 210 g/mol. The number of aromatic nitrogens is 1. The molecule has 2 aromatic rings. The molecule has 0 spiro atoms. The normalized spacial score (nSPS) is 12.0. The molecule has 0 fully saturated rings. The molecule has 0 saturated heterocycles. The molecule has 0 saturated carbocycles. The Morgan fingerprint density at radius 2 is 1.94 bits per heavy atom. The van der Waals surface area contributed by atoms with E-state index in [0.717, 1.165) is 11.2 Å². The van der Waals surface area contributed by atoms with Crippen LogP contribution in [0.2, 0.25) is 0 Å². The largest absolute Gasteiger partial charge is 0.358 e. The number of fused-ring (bicyclic) bond motifs is 1. The molecule has 0 atom stereocenters. The first-order valence-corrected chi connectivity index (χ1v) is 5.99. The number of carbonyl (C=O) groups excluding carboxylic acids is 1. The smallest absolute Gasteiger partial charge is 0.130 e. The molecule has 2 rings (SSSR count). The first kappa shape index (κ1) is 11.9. The monoisotopic (exact) mass is 229 g/mol. The van der Waals surface area contributed by atoms with Crippen LogP contribution < -0.4 is 0 Å². The van der Waals surface area contributed by atoms with E-state index in [9.17, 15) is 4.79 Å². The van der Waals surface area contributed by atoms with Gasteiger partial charge in [-0.05, 0) is 30.9 Å². The van der Waals surface area contributed by atoms with E-state index in [1.165, 1.54) is 10.9 Å². The third-order valence-electron chi connectivity index (χ3n) is 3.26. The van der Waals surface area contributed by atoms with Crippen molar-refractivity contribution in [2.24, 2.45) is 0 Å². The molecule has 1 heterocycles. The molecule has 0 aliphatic rings. The van der Waals surface area contributed by atoms with Crippen LogP contribution in [0.1, 0.15) is 38.4 Å². The lowest BCUT2D eigenvalue weighted by Crippen LogP contribution is -2.21. The summed E-state index contributed by atoms with van der Waals surface area (Å²) >= 11 is 0. The van der Waals surface area contributed by atoms with Crippen molar-refractivity contribution in [3.63, 3.8) is 0 Å². The molecule has 90 valence electrons. The van der Waals surface area contributed by atoms with Crippen LogP contribution >= 0.6 is 0 Å². The second-order valence-corrected chi connectivity index (χ2v) is 5.43. The lowest BCUT2D eigenvalue weighted by atomic mass is 9.79. The molecule has 0 unspecified atom stereocenters. The van der Waals surface area contributed by atoms with Crippen LogP contribution in [-0.2, 0) is 10.2 Å². The predicted octanol–water partition coefficient (Wildman–Crippen LogP) is 3.73. The Labute approximate surface area is 102 Å². The summed E-state index contributed by atoms with van der Waals surface area (Å²) in [5.41, 5.74) is 3.47. The number of benzene rings is 1. The molecular formula is C15H19NO. The average molecular weight is 229 g/mol. The molecule has 17 heavy (non-hydrogen) atoms. The Morgan fingerprint density at radius 1 is 1.29 bits per heavy atom. The summed E-state index contributed by atoms with van der Waals surface area (Å²) in [6, 6.07) is 8.27. The number of hydrogen-bond donors (Lipinski definition) is 1. The first-order valence-electron chi connectivity index (χ1n) is 5.99. The van der Waals surface area contributed by atoms with E-state index in [1.807, 2.05) is 12.1 Å². The van der Waals surface area contributed by atoms with Gasteiger partial charge in [0.15, 0.2) is 0 Å². The number of aromatic amines is 1. The van der Waals surface area contributed by atoms with E-state index in [1.54, 1.807) is 6.92 Å². The van der Waals surface area contributed by atoms with Gasteiger partial charge < -0.3 is 4.98 Å². The molecule has 0 amide bonds. The summed E-state index contributed by atoms with van der Waals surface area (Å²) in [4.78, 5) is 14.8. The highest BCUT2D eigenvalue weighted by molar-refractivity contribution is 5.87. The molecule has 1 N–H and O–H groups in total. The van der Waals surface area contributed by atoms with E-state index in [0.29, 0.717) is 6.42 Å². The third kappa shape index (κ3) is 2.12. The van der Waals surface area contributed by atoms with Crippen LogP contribution in [-0.4, -0.2) is 10.8 Å². The molecule has 0 radical (unpaired) electrons. The summed E-state index contributed by atoms with van der Waals surface area (Å²) in [6.45, 7) is 8.01. The standard InChI is InChI=1S/C15H19NO/c1-10(17)9-15(3,4)14-11(2)16-13-8-6-5-7-12(13)14/h5-8,16H,9H2,1-4H3. The van der Waals surface area contributed by atoms with Crippen LogP contribution in [0, 0.1) is 6.92 Å². The van der Waals surface area contributed by atoms with Gasteiger partial charge in [-0.15, -0.1) is 0 Å². The minimum atomic E-state index is -0.116. The molecule has 2 heteroatoms. The van der Waals surface area contributed by atoms with Crippen LogP contribution in [0.3, 0.4) is 0 Å². The maximum atomic E-state index is 11.4. The number of carbonyl (C=O) groups is 1. The van der Waals surface area contributed by atoms with Gasteiger partial charge in [-0.2, -0.15) is 0 Å². The molecule has 0 aliphatic carbocycles.